The summed E-state index contributed by atoms with van der Waals surface area (Å²) in [5.41, 5.74) is 4.28. The summed E-state index contributed by atoms with van der Waals surface area (Å²) in [5, 5.41) is 13.3. The molecule has 0 bridgehead atoms. The van der Waals surface area contributed by atoms with Crippen molar-refractivity contribution in [3.63, 3.8) is 0 Å². The number of piperazine rings is 1. The van der Waals surface area contributed by atoms with Crippen LogP contribution in [0.3, 0.4) is 0 Å². The van der Waals surface area contributed by atoms with Crippen LogP contribution in [0.5, 0.6) is 0 Å². The van der Waals surface area contributed by atoms with E-state index >= 15 is 0 Å². The molecule has 10 nitrogen and oxygen atoms in total. The second kappa shape index (κ2) is 10.2. The van der Waals surface area contributed by atoms with Gasteiger partial charge in [0, 0.05) is 45.5 Å². The minimum Gasteiger partial charge on any atom is -0.461 e. The van der Waals surface area contributed by atoms with Crippen LogP contribution in [0.2, 0.25) is 0 Å². The molecule has 0 radical (unpaired) electrons. The molecule has 0 amide bonds. The minimum absolute atomic E-state index is 0.525. The fourth-order valence-electron chi connectivity index (χ4n) is 4.99. The number of fused-ring (bicyclic) bond motifs is 3. The van der Waals surface area contributed by atoms with Gasteiger partial charge < -0.3 is 14.6 Å². The number of anilines is 2. The van der Waals surface area contributed by atoms with Crippen molar-refractivity contribution in [2.24, 2.45) is 0 Å². The first-order valence-electron chi connectivity index (χ1n) is 13.1. The summed E-state index contributed by atoms with van der Waals surface area (Å²) in [7, 11) is 1.83. The standard InChI is InChI=1S/C27H33N9O/c1-3-4-6-20-8-10-21(11-9-20)34-15-12-33(13-16-34)14-17-35-25-22(19-29-35)26-30-24(23-7-5-18-37-23)32-36(26)27(28-2)31-25/h5,7-11,18-19H,3-4,6,12-17H2,1-2H3,(H,28,31). The van der Waals surface area contributed by atoms with E-state index < -0.39 is 0 Å². The van der Waals surface area contributed by atoms with Crippen molar-refractivity contribution in [1.82, 2.24) is 34.3 Å². The Bertz CT molecular complexity index is 1460. The normalized spacial score (nSPS) is 14.7. The average molecular weight is 500 g/mol. The Kier molecular flexibility index (Phi) is 6.48. The molecular formula is C27H33N9O. The van der Waals surface area contributed by atoms with Crippen molar-refractivity contribution in [2.45, 2.75) is 32.7 Å². The third kappa shape index (κ3) is 4.64. The smallest absolute Gasteiger partial charge is 0.227 e. The van der Waals surface area contributed by atoms with Gasteiger partial charge in [0.25, 0.3) is 0 Å². The van der Waals surface area contributed by atoms with Gasteiger partial charge in [-0.2, -0.15) is 14.6 Å². The van der Waals surface area contributed by atoms with Crippen LogP contribution < -0.4 is 10.2 Å². The Balaban J connectivity index is 1.12. The van der Waals surface area contributed by atoms with Crippen LogP contribution >= 0.6 is 0 Å². The zero-order chi connectivity index (χ0) is 25.2. The first-order chi connectivity index (χ1) is 18.2. The number of furan rings is 1. The van der Waals surface area contributed by atoms with Gasteiger partial charge in [0.15, 0.2) is 17.1 Å². The first kappa shape index (κ1) is 23.5. The van der Waals surface area contributed by atoms with Crippen LogP contribution in [-0.4, -0.2) is 74.0 Å². The molecule has 10 heteroatoms. The van der Waals surface area contributed by atoms with E-state index in [9.17, 15) is 0 Å². The van der Waals surface area contributed by atoms with E-state index in [1.165, 1.54) is 30.5 Å². The molecule has 1 saturated heterocycles. The molecule has 0 aliphatic carbocycles. The van der Waals surface area contributed by atoms with Crippen LogP contribution in [0.1, 0.15) is 25.3 Å². The molecule has 6 rings (SSSR count). The zero-order valence-electron chi connectivity index (χ0n) is 21.5. The number of benzene rings is 1. The predicted octanol–water partition coefficient (Wildman–Crippen LogP) is 3.94. The van der Waals surface area contributed by atoms with E-state index in [4.69, 9.17) is 14.4 Å². The second-order valence-electron chi connectivity index (χ2n) is 9.54. The largest absolute Gasteiger partial charge is 0.461 e. The third-order valence-electron chi connectivity index (χ3n) is 7.16. The average Bonchev–Trinajstić information content (AvgIpc) is 3.70. The lowest BCUT2D eigenvalue weighted by Crippen LogP contribution is -2.47. The van der Waals surface area contributed by atoms with Gasteiger partial charge in [-0.3, -0.25) is 4.90 Å². The molecule has 1 fully saturated rings. The Hall–Kier alpha value is -3.92. The number of rotatable bonds is 9. The maximum atomic E-state index is 5.49. The van der Waals surface area contributed by atoms with Gasteiger partial charge in [0.05, 0.1) is 24.4 Å². The summed E-state index contributed by atoms with van der Waals surface area (Å²) >= 11 is 0. The molecular weight excluding hydrogens is 466 g/mol. The van der Waals surface area contributed by atoms with Crippen LogP contribution in [0.15, 0.2) is 53.3 Å². The maximum absolute atomic E-state index is 5.49. The number of aromatic nitrogens is 6. The highest BCUT2D eigenvalue weighted by atomic mass is 16.3. The Labute approximate surface area is 215 Å². The number of hydrogen-bond donors (Lipinski definition) is 1. The monoisotopic (exact) mass is 499 g/mol. The van der Waals surface area contributed by atoms with Crippen molar-refractivity contribution < 1.29 is 4.42 Å². The number of hydrogen-bond acceptors (Lipinski definition) is 8. The third-order valence-corrected chi connectivity index (χ3v) is 7.16. The molecule has 1 N–H and O–H groups in total. The molecule has 0 saturated carbocycles. The lowest BCUT2D eigenvalue weighted by Gasteiger charge is -2.36. The summed E-state index contributed by atoms with van der Waals surface area (Å²) < 4.78 is 9.17. The molecule has 1 aliphatic rings. The van der Waals surface area contributed by atoms with Gasteiger partial charge in [-0.1, -0.05) is 25.5 Å². The number of nitrogens with one attached hydrogen (secondary N) is 1. The van der Waals surface area contributed by atoms with Gasteiger partial charge in [0.1, 0.15) is 0 Å². The lowest BCUT2D eigenvalue weighted by molar-refractivity contribution is 0.245. The van der Waals surface area contributed by atoms with Gasteiger partial charge in [-0.05, 0) is 42.7 Å². The van der Waals surface area contributed by atoms with Gasteiger partial charge >= 0.3 is 0 Å². The quantitative estimate of drug-likeness (QED) is 0.326. The van der Waals surface area contributed by atoms with E-state index in [-0.39, 0.29) is 0 Å². The van der Waals surface area contributed by atoms with Crippen molar-refractivity contribution in [2.75, 3.05) is 50.0 Å². The van der Waals surface area contributed by atoms with Crippen LogP contribution in [0.25, 0.3) is 28.3 Å². The molecule has 37 heavy (non-hydrogen) atoms. The Morgan fingerprint density at radius 1 is 0.973 bits per heavy atom. The summed E-state index contributed by atoms with van der Waals surface area (Å²) in [6.07, 6.45) is 7.12. The molecule has 5 aromatic rings. The fraction of sp³-hybridized carbons (Fsp3) is 0.407. The molecule has 5 heterocycles. The zero-order valence-corrected chi connectivity index (χ0v) is 21.5. The molecule has 0 spiro atoms. The summed E-state index contributed by atoms with van der Waals surface area (Å²) in [6.45, 7) is 8.07. The van der Waals surface area contributed by atoms with E-state index in [1.807, 2.05) is 30.1 Å². The van der Waals surface area contributed by atoms with Crippen LogP contribution in [0.4, 0.5) is 11.6 Å². The van der Waals surface area contributed by atoms with Crippen LogP contribution in [0, 0.1) is 0 Å². The summed E-state index contributed by atoms with van der Waals surface area (Å²) in [4.78, 5) is 14.5. The summed E-state index contributed by atoms with van der Waals surface area (Å²) in [6, 6.07) is 12.8. The Morgan fingerprint density at radius 3 is 2.54 bits per heavy atom. The van der Waals surface area contributed by atoms with E-state index in [0.29, 0.717) is 23.2 Å². The SMILES string of the molecule is CCCCc1ccc(N2CCN(CCn3ncc4c3nc(NC)n3nc(-c5ccco5)nc43)CC2)cc1. The van der Waals surface area contributed by atoms with Crippen molar-refractivity contribution in [3.8, 4) is 11.6 Å². The first-order valence-corrected chi connectivity index (χ1v) is 13.1. The highest BCUT2D eigenvalue weighted by molar-refractivity contribution is 5.90. The van der Waals surface area contributed by atoms with E-state index in [0.717, 1.165) is 50.3 Å². The van der Waals surface area contributed by atoms with Crippen LogP contribution in [-0.2, 0) is 13.0 Å². The topological polar surface area (TPSA) is 92.5 Å². The van der Waals surface area contributed by atoms with E-state index in [1.54, 1.807) is 10.8 Å². The summed E-state index contributed by atoms with van der Waals surface area (Å²) in [5.74, 6) is 1.76. The molecule has 0 atom stereocenters. The highest BCUT2D eigenvalue weighted by Gasteiger charge is 2.20. The number of unbranched alkanes of at least 4 members (excludes halogenated alkanes) is 1. The lowest BCUT2D eigenvalue weighted by atomic mass is 10.1. The van der Waals surface area contributed by atoms with E-state index in [2.05, 4.69) is 56.5 Å². The van der Waals surface area contributed by atoms with Gasteiger partial charge in [-0.25, -0.2) is 9.67 Å². The molecule has 4 aromatic heterocycles. The van der Waals surface area contributed by atoms with Crippen molar-refractivity contribution in [3.05, 3.63) is 54.4 Å². The number of nitrogens with zero attached hydrogens (tertiary/aromatic N) is 8. The fourth-order valence-corrected chi connectivity index (χ4v) is 4.99. The number of aryl methyl sites for hydroxylation is 1. The van der Waals surface area contributed by atoms with Gasteiger partial charge in [0.2, 0.25) is 11.8 Å². The predicted molar refractivity (Wildman–Crippen MR) is 145 cm³/mol. The van der Waals surface area contributed by atoms with Crippen molar-refractivity contribution in [1.29, 1.82) is 0 Å². The minimum atomic E-state index is 0.525. The highest BCUT2D eigenvalue weighted by Crippen LogP contribution is 2.24. The molecule has 192 valence electrons. The molecule has 1 aliphatic heterocycles. The molecule has 1 aromatic carbocycles. The van der Waals surface area contributed by atoms with Crippen molar-refractivity contribution >= 4 is 28.3 Å². The maximum Gasteiger partial charge on any atom is 0.227 e. The van der Waals surface area contributed by atoms with Gasteiger partial charge in [-0.15, -0.1) is 5.10 Å². The molecule has 0 unspecified atom stereocenters. The second-order valence-corrected chi connectivity index (χ2v) is 9.54. The Morgan fingerprint density at radius 2 is 1.81 bits per heavy atom.